The molecule has 1 atom stereocenters. The van der Waals surface area contributed by atoms with Gasteiger partial charge in [0.25, 0.3) is 0 Å². The molecular formula is C15H16N6O. The van der Waals surface area contributed by atoms with Gasteiger partial charge in [-0.1, -0.05) is 30.3 Å². The number of morpholine rings is 1. The van der Waals surface area contributed by atoms with Gasteiger partial charge in [0.1, 0.15) is 11.9 Å². The Balaban J connectivity index is 1.68. The predicted molar refractivity (Wildman–Crippen MR) is 83.4 cm³/mol. The van der Waals surface area contributed by atoms with Crippen LogP contribution in [0.5, 0.6) is 0 Å². The Labute approximate surface area is 127 Å². The van der Waals surface area contributed by atoms with Crippen molar-refractivity contribution >= 4 is 22.8 Å². The molecule has 1 unspecified atom stereocenters. The maximum Gasteiger partial charge on any atom is 0.224 e. The first-order chi connectivity index (χ1) is 10.8. The van der Waals surface area contributed by atoms with E-state index < -0.39 is 0 Å². The molecule has 0 bridgehead atoms. The molecule has 4 rings (SSSR count). The molecule has 112 valence electrons. The van der Waals surface area contributed by atoms with E-state index in [9.17, 15) is 0 Å². The third-order valence-electron chi connectivity index (χ3n) is 3.84. The van der Waals surface area contributed by atoms with Crippen LogP contribution in [0.1, 0.15) is 11.7 Å². The van der Waals surface area contributed by atoms with Crippen LogP contribution in [0.25, 0.3) is 11.0 Å². The van der Waals surface area contributed by atoms with Crippen molar-refractivity contribution in [1.82, 2.24) is 20.2 Å². The second-order valence-corrected chi connectivity index (χ2v) is 5.25. The van der Waals surface area contributed by atoms with Crippen molar-refractivity contribution < 1.29 is 4.74 Å². The second-order valence-electron chi connectivity index (χ2n) is 5.25. The molecule has 0 radical (unpaired) electrons. The number of aromatic amines is 1. The van der Waals surface area contributed by atoms with Crippen LogP contribution in [0.4, 0.5) is 11.8 Å². The molecule has 3 N–H and O–H groups in total. The van der Waals surface area contributed by atoms with E-state index >= 15 is 0 Å². The first-order valence-electron chi connectivity index (χ1n) is 7.19. The maximum atomic E-state index is 5.90. The lowest BCUT2D eigenvalue weighted by molar-refractivity contribution is 0.0396. The summed E-state index contributed by atoms with van der Waals surface area (Å²) in [6.07, 6.45) is 1.75. The Bertz CT molecular complexity index is 787. The number of H-pyrrole nitrogens is 1. The molecule has 0 amide bonds. The zero-order valence-corrected chi connectivity index (χ0v) is 11.9. The molecule has 2 aromatic heterocycles. The molecule has 22 heavy (non-hydrogen) atoms. The fraction of sp³-hybridized carbons (Fsp3) is 0.267. The number of nitrogens with two attached hydrogens (primary N) is 1. The normalized spacial score (nSPS) is 18.7. The van der Waals surface area contributed by atoms with Gasteiger partial charge in [-0.25, -0.2) is 0 Å². The van der Waals surface area contributed by atoms with Gasteiger partial charge in [-0.15, -0.1) is 0 Å². The molecule has 0 aliphatic carbocycles. The molecule has 0 spiro atoms. The molecule has 1 aliphatic rings. The average Bonchev–Trinajstić information content (AvgIpc) is 3.03. The number of hydrogen-bond donors (Lipinski definition) is 2. The van der Waals surface area contributed by atoms with Crippen LogP contribution in [0.3, 0.4) is 0 Å². The highest BCUT2D eigenvalue weighted by molar-refractivity contribution is 5.87. The van der Waals surface area contributed by atoms with Crippen LogP contribution in [-0.4, -0.2) is 39.9 Å². The van der Waals surface area contributed by atoms with Gasteiger partial charge in [-0.2, -0.15) is 15.1 Å². The van der Waals surface area contributed by atoms with Gasteiger partial charge in [0.15, 0.2) is 5.65 Å². The summed E-state index contributed by atoms with van der Waals surface area (Å²) in [5, 5.41) is 7.76. The molecule has 3 aromatic rings. The van der Waals surface area contributed by atoms with Crippen LogP contribution >= 0.6 is 0 Å². The zero-order chi connectivity index (χ0) is 14.9. The third-order valence-corrected chi connectivity index (χ3v) is 3.84. The van der Waals surface area contributed by atoms with Crippen molar-refractivity contribution in [2.24, 2.45) is 0 Å². The SMILES string of the molecule is Nc1nc(N2CCOC(c3ccccc3)C2)c2cn[nH]c2n1. The lowest BCUT2D eigenvalue weighted by atomic mass is 10.1. The summed E-state index contributed by atoms with van der Waals surface area (Å²) in [5.74, 6) is 1.05. The van der Waals surface area contributed by atoms with Gasteiger partial charge in [0, 0.05) is 13.1 Å². The van der Waals surface area contributed by atoms with E-state index in [0.29, 0.717) is 12.3 Å². The first-order valence-corrected chi connectivity index (χ1v) is 7.19. The largest absolute Gasteiger partial charge is 0.370 e. The summed E-state index contributed by atoms with van der Waals surface area (Å²) in [6, 6.07) is 10.2. The molecule has 3 heterocycles. The van der Waals surface area contributed by atoms with Crippen molar-refractivity contribution in [3.8, 4) is 0 Å². The highest BCUT2D eigenvalue weighted by atomic mass is 16.5. The van der Waals surface area contributed by atoms with Crippen molar-refractivity contribution in [3.63, 3.8) is 0 Å². The fourth-order valence-electron chi connectivity index (χ4n) is 2.79. The van der Waals surface area contributed by atoms with Crippen LogP contribution < -0.4 is 10.6 Å². The molecule has 1 fully saturated rings. The van der Waals surface area contributed by atoms with Gasteiger partial charge in [-0.3, -0.25) is 5.10 Å². The number of nitrogens with one attached hydrogen (secondary N) is 1. The minimum Gasteiger partial charge on any atom is -0.370 e. The smallest absolute Gasteiger partial charge is 0.224 e. The summed E-state index contributed by atoms with van der Waals surface area (Å²) < 4.78 is 5.90. The summed E-state index contributed by atoms with van der Waals surface area (Å²) in [6.45, 7) is 2.13. The van der Waals surface area contributed by atoms with Crippen LogP contribution in [0.2, 0.25) is 0 Å². The fourth-order valence-corrected chi connectivity index (χ4v) is 2.79. The summed E-state index contributed by atoms with van der Waals surface area (Å²) >= 11 is 0. The number of rotatable bonds is 2. The average molecular weight is 296 g/mol. The van der Waals surface area contributed by atoms with Crippen molar-refractivity contribution in [3.05, 3.63) is 42.1 Å². The van der Waals surface area contributed by atoms with Crippen LogP contribution in [0, 0.1) is 0 Å². The Hall–Kier alpha value is -2.67. The van der Waals surface area contributed by atoms with E-state index in [2.05, 4.69) is 37.2 Å². The van der Waals surface area contributed by atoms with Crippen LogP contribution in [0.15, 0.2) is 36.5 Å². The molecule has 7 nitrogen and oxygen atoms in total. The predicted octanol–water partition coefficient (Wildman–Crippen LogP) is 1.51. The van der Waals surface area contributed by atoms with E-state index in [0.717, 1.165) is 29.9 Å². The quantitative estimate of drug-likeness (QED) is 0.744. The highest BCUT2D eigenvalue weighted by Gasteiger charge is 2.25. The number of benzene rings is 1. The van der Waals surface area contributed by atoms with Gasteiger partial charge in [0.2, 0.25) is 5.95 Å². The lowest BCUT2D eigenvalue weighted by Crippen LogP contribution is -2.39. The first kappa shape index (κ1) is 13.0. The summed E-state index contributed by atoms with van der Waals surface area (Å²) in [7, 11) is 0. The maximum absolute atomic E-state index is 5.90. The standard InChI is InChI=1S/C15H16N6O/c16-15-18-13-11(8-17-20-13)14(19-15)21-6-7-22-12(9-21)10-4-2-1-3-5-10/h1-5,8,12H,6-7,9H2,(H3,16,17,18,19,20). The number of ether oxygens (including phenoxy) is 1. The molecule has 1 aromatic carbocycles. The summed E-state index contributed by atoms with van der Waals surface area (Å²) in [5.41, 5.74) is 7.63. The molecule has 7 heteroatoms. The Morgan fingerprint density at radius 1 is 1.23 bits per heavy atom. The summed E-state index contributed by atoms with van der Waals surface area (Å²) in [4.78, 5) is 10.7. The van der Waals surface area contributed by atoms with Crippen LogP contribution in [-0.2, 0) is 4.74 Å². The Kier molecular flexibility index (Phi) is 3.12. The molecular weight excluding hydrogens is 280 g/mol. The van der Waals surface area contributed by atoms with E-state index in [1.54, 1.807) is 6.20 Å². The van der Waals surface area contributed by atoms with Gasteiger partial charge < -0.3 is 15.4 Å². The minimum absolute atomic E-state index is 0.0214. The van der Waals surface area contributed by atoms with Gasteiger partial charge in [-0.05, 0) is 5.56 Å². The number of nitrogen functional groups attached to an aromatic ring is 1. The Morgan fingerprint density at radius 2 is 2.09 bits per heavy atom. The number of aromatic nitrogens is 4. The molecule has 1 aliphatic heterocycles. The second kappa shape index (κ2) is 5.27. The lowest BCUT2D eigenvalue weighted by Gasteiger charge is -2.34. The third kappa shape index (κ3) is 2.25. The highest BCUT2D eigenvalue weighted by Crippen LogP contribution is 2.29. The van der Waals surface area contributed by atoms with E-state index in [-0.39, 0.29) is 12.1 Å². The van der Waals surface area contributed by atoms with E-state index in [1.807, 2.05) is 18.2 Å². The van der Waals surface area contributed by atoms with Gasteiger partial charge >= 0.3 is 0 Å². The van der Waals surface area contributed by atoms with Crippen molar-refractivity contribution in [1.29, 1.82) is 0 Å². The molecule has 0 saturated carbocycles. The van der Waals surface area contributed by atoms with Crippen molar-refractivity contribution in [2.75, 3.05) is 30.3 Å². The minimum atomic E-state index is 0.0214. The topological polar surface area (TPSA) is 93.0 Å². The van der Waals surface area contributed by atoms with Crippen molar-refractivity contribution in [2.45, 2.75) is 6.10 Å². The molecule has 1 saturated heterocycles. The van der Waals surface area contributed by atoms with E-state index in [4.69, 9.17) is 10.5 Å². The zero-order valence-electron chi connectivity index (χ0n) is 11.9. The van der Waals surface area contributed by atoms with Gasteiger partial charge in [0.05, 0.1) is 18.2 Å². The number of hydrogen-bond acceptors (Lipinski definition) is 6. The van der Waals surface area contributed by atoms with E-state index in [1.165, 1.54) is 0 Å². The number of fused-ring (bicyclic) bond motifs is 1. The Morgan fingerprint density at radius 3 is 2.95 bits per heavy atom. The number of nitrogens with zero attached hydrogens (tertiary/aromatic N) is 4. The number of anilines is 2. The monoisotopic (exact) mass is 296 g/mol.